The molecule has 0 spiro atoms. The van der Waals surface area contributed by atoms with Crippen LogP contribution in [0.4, 0.5) is 16.2 Å². The number of aliphatic hydroxyl groups is 1. The van der Waals surface area contributed by atoms with E-state index in [1.54, 1.807) is 37.4 Å². The van der Waals surface area contributed by atoms with E-state index in [2.05, 4.69) is 16.0 Å². The van der Waals surface area contributed by atoms with Crippen molar-refractivity contribution >= 4 is 23.3 Å². The molecule has 1 fully saturated rings. The van der Waals surface area contributed by atoms with E-state index < -0.39 is 6.10 Å². The Bertz CT molecular complexity index is 1280. The summed E-state index contributed by atoms with van der Waals surface area (Å²) in [4.78, 5) is 25.2. The molecule has 0 bridgehead atoms. The predicted octanol–water partition coefficient (Wildman–Crippen LogP) is 4.08. The number of carbonyl (C=O) groups is 2. The summed E-state index contributed by atoms with van der Waals surface area (Å²) in [6.07, 6.45) is 0.266. The molecule has 0 aromatic heterocycles. The van der Waals surface area contributed by atoms with Crippen LogP contribution in [0.25, 0.3) is 0 Å². The Kier molecular flexibility index (Phi) is 8.29. The summed E-state index contributed by atoms with van der Waals surface area (Å²) in [5.74, 6) is 1.24. The molecule has 0 saturated carbocycles. The van der Waals surface area contributed by atoms with Gasteiger partial charge in [0.25, 0.3) is 0 Å². The van der Waals surface area contributed by atoms with Crippen molar-refractivity contribution in [1.82, 2.24) is 5.32 Å². The van der Waals surface area contributed by atoms with Crippen LogP contribution in [0.5, 0.6) is 11.5 Å². The summed E-state index contributed by atoms with van der Waals surface area (Å²) in [5.41, 5.74) is 3.35. The second-order valence-corrected chi connectivity index (χ2v) is 9.75. The zero-order valence-corrected chi connectivity index (χ0v) is 21.8. The lowest BCUT2D eigenvalue weighted by atomic mass is 9.84. The van der Waals surface area contributed by atoms with E-state index in [0.29, 0.717) is 35.8 Å². The van der Waals surface area contributed by atoms with Crippen LogP contribution in [0.15, 0.2) is 72.8 Å². The van der Waals surface area contributed by atoms with E-state index in [1.165, 1.54) is 0 Å². The molecular formula is C30H33N3O6. The van der Waals surface area contributed by atoms with Crippen molar-refractivity contribution in [2.45, 2.75) is 43.5 Å². The van der Waals surface area contributed by atoms with Crippen molar-refractivity contribution < 1.29 is 28.9 Å². The summed E-state index contributed by atoms with van der Waals surface area (Å²) in [5, 5.41) is 18.6. The molecule has 0 aliphatic carbocycles. The van der Waals surface area contributed by atoms with E-state index in [9.17, 15) is 14.7 Å². The van der Waals surface area contributed by atoms with Gasteiger partial charge in [-0.25, -0.2) is 4.79 Å². The number of nitrogens with one attached hydrogen (secondary N) is 3. The second kappa shape index (κ2) is 12.2. The number of hydrogen-bond acceptors (Lipinski definition) is 6. The zero-order chi connectivity index (χ0) is 27.2. The molecule has 39 heavy (non-hydrogen) atoms. The Balaban J connectivity index is 1.19. The Morgan fingerprint density at radius 3 is 2.49 bits per heavy atom. The summed E-state index contributed by atoms with van der Waals surface area (Å²) >= 11 is 0. The average Bonchev–Trinajstić information content (AvgIpc) is 3.31. The Hall–Kier alpha value is -4.08. The van der Waals surface area contributed by atoms with Gasteiger partial charge >= 0.3 is 6.03 Å². The van der Waals surface area contributed by atoms with Gasteiger partial charge in [0.2, 0.25) is 5.91 Å². The number of hydrogen-bond donors (Lipinski definition) is 4. The molecule has 9 heteroatoms. The highest BCUT2D eigenvalue weighted by molar-refractivity contribution is 5.99. The average molecular weight is 532 g/mol. The third-order valence-corrected chi connectivity index (χ3v) is 7.10. The number of anilines is 2. The molecule has 2 heterocycles. The Labute approximate surface area is 227 Å². The number of methoxy groups -OCH3 is 1. The summed E-state index contributed by atoms with van der Waals surface area (Å²) < 4.78 is 17.3. The van der Waals surface area contributed by atoms with Gasteiger partial charge < -0.3 is 35.3 Å². The first kappa shape index (κ1) is 26.5. The molecule has 3 aromatic carbocycles. The van der Waals surface area contributed by atoms with Crippen molar-refractivity contribution in [1.29, 1.82) is 0 Å². The molecule has 3 aromatic rings. The number of ether oxygens (including phenoxy) is 3. The maximum atomic E-state index is 12.6. The molecule has 5 rings (SSSR count). The summed E-state index contributed by atoms with van der Waals surface area (Å²) in [6, 6.07) is 22.2. The fourth-order valence-corrected chi connectivity index (χ4v) is 5.20. The predicted molar refractivity (Wildman–Crippen MR) is 147 cm³/mol. The van der Waals surface area contributed by atoms with Crippen LogP contribution in [0, 0.1) is 0 Å². The van der Waals surface area contributed by atoms with Gasteiger partial charge in [-0.05, 0) is 60.9 Å². The van der Waals surface area contributed by atoms with Gasteiger partial charge in [0.15, 0.2) is 0 Å². The molecule has 1 saturated heterocycles. The molecule has 4 atom stereocenters. The lowest BCUT2D eigenvalue weighted by molar-refractivity contribution is -0.142. The zero-order valence-electron chi connectivity index (χ0n) is 21.8. The van der Waals surface area contributed by atoms with Crippen LogP contribution in [0.1, 0.15) is 29.9 Å². The summed E-state index contributed by atoms with van der Waals surface area (Å²) in [7, 11) is 1.59. The lowest BCUT2D eigenvalue weighted by Crippen LogP contribution is -2.47. The standard InChI is InChI=1S/C30H33N3O6/c1-37-22-10-7-20(8-11-22)32-30(36)33-21-9-12-26-24(15-21)25-16-23(38-27(18-34)29(25)39-26)17-28(35)31-14-13-19-5-3-2-4-6-19/h2-12,15,23,25,27,29,34H,13-14,16-18H2,1H3,(H,31,35)(H2,32,33,36)/t23-,25+,27-,29-/m0/s1. The van der Waals surface area contributed by atoms with Crippen molar-refractivity contribution in [2.75, 3.05) is 30.9 Å². The minimum Gasteiger partial charge on any atom is -0.497 e. The second-order valence-electron chi connectivity index (χ2n) is 9.75. The van der Waals surface area contributed by atoms with Gasteiger partial charge in [0, 0.05) is 29.4 Å². The van der Waals surface area contributed by atoms with Crippen LogP contribution in [0.2, 0.25) is 0 Å². The molecule has 9 nitrogen and oxygen atoms in total. The third-order valence-electron chi connectivity index (χ3n) is 7.10. The lowest BCUT2D eigenvalue weighted by Gasteiger charge is -2.37. The van der Waals surface area contributed by atoms with Crippen molar-refractivity contribution in [3.63, 3.8) is 0 Å². The van der Waals surface area contributed by atoms with Crippen molar-refractivity contribution in [2.24, 2.45) is 0 Å². The van der Waals surface area contributed by atoms with Gasteiger partial charge in [-0.3, -0.25) is 4.79 Å². The highest BCUT2D eigenvalue weighted by Gasteiger charge is 2.46. The first-order valence-corrected chi connectivity index (χ1v) is 13.1. The molecule has 2 aliphatic rings. The van der Waals surface area contributed by atoms with Crippen molar-refractivity contribution in [3.8, 4) is 11.5 Å². The van der Waals surface area contributed by atoms with Crippen LogP contribution >= 0.6 is 0 Å². The van der Waals surface area contributed by atoms with Crippen LogP contribution < -0.4 is 25.4 Å². The van der Waals surface area contributed by atoms with Crippen LogP contribution in [-0.2, 0) is 16.0 Å². The van der Waals surface area contributed by atoms with E-state index in [1.807, 2.05) is 42.5 Å². The monoisotopic (exact) mass is 531 g/mol. The molecule has 4 N–H and O–H groups in total. The fraction of sp³-hybridized carbons (Fsp3) is 0.333. The van der Waals surface area contributed by atoms with Crippen LogP contribution in [0.3, 0.4) is 0 Å². The number of aliphatic hydroxyl groups excluding tert-OH is 1. The van der Waals surface area contributed by atoms with Gasteiger partial charge in [0.05, 0.1) is 26.2 Å². The van der Waals surface area contributed by atoms with E-state index >= 15 is 0 Å². The maximum absolute atomic E-state index is 12.6. The van der Waals surface area contributed by atoms with Gasteiger partial charge in [-0.1, -0.05) is 30.3 Å². The maximum Gasteiger partial charge on any atom is 0.323 e. The number of amides is 3. The molecule has 0 radical (unpaired) electrons. The number of benzene rings is 3. The molecule has 204 valence electrons. The minimum absolute atomic E-state index is 0.0700. The normalized spacial score (nSPS) is 21.2. The Morgan fingerprint density at radius 1 is 1.00 bits per heavy atom. The summed E-state index contributed by atoms with van der Waals surface area (Å²) in [6.45, 7) is 0.335. The number of carbonyl (C=O) groups excluding carboxylic acids is 2. The minimum atomic E-state index is -0.548. The number of rotatable bonds is 9. The fourth-order valence-electron chi connectivity index (χ4n) is 5.20. The van der Waals surface area contributed by atoms with Gasteiger partial charge in [0.1, 0.15) is 23.7 Å². The Morgan fingerprint density at radius 2 is 1.74 bits per heavy atom. The van der Waals surface area contributed by atoms with Gasteiger partial charge in [-0.2, -0.15) is 0 Å². The molecule has 2 aliphatic heterocycles. The topological polar surface area (TPSA) is 118 Å². The largest absolute Gasteiger partial charge is 0.497 e. The first-order valence-electron chi connectivity index (χ1n) is 13.1. The molecule has 0 unspecified atom stereocenters. The number of urea groups is 1. The molecular weight excluding hydrogens is 498 g/mol. The first-order chi connectivity index (χ1) is 19.0. The SMILES string of the molecule is COc1ccc(NC(=O)Nc2ccc3c(c2)[C@H]2C[C@@H](CC(=O)NCCc4ccccc4)O[C@@H](CO)[C@H]2O3)cc1. The number of fused-ring (bicyclic) bond motifs is 3. The van der Waals surface area contributed by atoms with Gasteiger partial charge in [-0.15, -0.1) is 0 Å². The third kappa shape index (κ3) is 6.50. The highest BCUT2D eigenvalue weighted by atomic mass is 16.6. The quantitative estimate of drug-likeness (QED) is 0.331. The van der Waals surface area contributed by atoms with E-state index in [4.69, 9.17) is 14.2 Å². The van der Waals surface area contributed by atoms with Crippen molar-refractivity contribution in [3.05, 3.63) is 83.9 Å². The van der Waals surface area contributed by atoms with Crippen LogP contribution in [-0.4, -0.2) is 55.6 Å². The highest BCUT2D eigenvalue weighted by Crippen LogP contribution is 2.47. The van der Waals surface area contributed by atoms with E-state index in [-0.39, 0.29) is 43.1 Å². The molecule has 3 amide bonds. The smallest absolute Gasteiger partial charge is 0.323 e. The van der Waals surface area contributed by atoms with E-state index in [0.717, 1.165) is 17.5 Å².